The predicted molar refractivity (Wildman–Crippen MR) is 120 cm³/mol. The number of nitrogens with two attached hydrogens (primary N) is 1. The number of carbonyl (C=O) groups is 1. The van der Waals surface area contributed by atoms with Crippen LogP contribution in [0.4, 0.5) is 0 Å². The maximum Gasteiger partial charge on any atom is 0.230 e. The molecular formula is C22H33N5O2S. The standard InChI is InChI=1S/C22H33N5O2S/c1-14(2)17-8-10-18(11-9-17)29-12-20-25-26-22(27(20)23)30-13-21(28)24-19-7-5-6-15(3)16(19)4/h8-11,14-16,19H,5-7,12-13,23H2,1-4H3,(H,24,28)/t15-,16-,19+/m1/s1. The summed E-state index contributed by atoms with van der Waals surface area (Å²) in [6.45, 7) is 9.01. The summed E-state index contributed by atoms with van der Waals surface area (Å²) in [5, 5.41) is 11.9. The topological polar surface area (TPSA) is 95.1 Å². The first-order chi connectivity index (χ1) is 14.3. The molecule has 30 heavy (non-hydrogen) atoms. The average Bonchev–Trinajstić information content (AvgIpc) is 3.08. The van der Waals surface area contributed by atoms with Gasteiger partial charge in [0.25, 0.3) is 0 Å². The summed E-state index contributed by atoms with van der Waals surface area (Å²) in [7, 11) is 0. The van der Waals surface area contributed by atoms with Crippen LogP contribution < -0.4 is 15.9 Å². The van der Waals surface area contributed by atoms with Gasteiger partial charge in [0.05, 0.1) is 5.75 Å². The lowest BCUT2D eigenvalue weighted by Crippen LogP contribution is -2.44. The first-order valence-corrected chi connectivity index (χ1v) is 11.7. The molecule has 164 valence electrons. The maximum atomic E-state index is 12.4. The molecule has 3 N–H and O–H groups in total. The summed E-state index contributed by atoms with van der Waals surface area (Å²) in [5.41, 5.74) is 1.26. The molecule has 8 heteroatoms. The number of rotatable bonds is 8. The summed E-state index contributed by atoms with van der Waals surface area (Å²) < 4.78 is 7.17. The van der Waals surface area contributed by atoms with E-state index >= 15 is 0 Å². The quantitative estimate of drug-likeness (QED) is 0.488. The van der Waals surface area contributed by atoms with Crippen molar-refractivity contribution in [3.63, 3.8) is 0 Å². The molecule has 3 atom stereocenters. The van der Waals surface area contributed by atoms with Gasteiger partial charge >= 0.3 is 0 Å². The molecule has 1 amide bonds. The molecule has 0 bridgehead atoms. The summed E-state index contributed by atoms with van der Waals surface area (Å²) in [5.74, 6) is 9.28. The number of amides is 1. The fourth-order valence-electron chi connectivity index (χ4n) is 3.77. The van der Waals surface area contributed by atoms with Crippen molar-refractivity contribution in [2.45, 2.75) is 70.7 Å². The second-order valence-electron chi connectivity index (χ2n) is 8.51. The number of nitrogens with zero attached hydrogens (tertiary/aromatic N) is 3. The number of benzene rings is 1. The van der Waals surface area contributed by atoms with Crippen LogP contribution >= 0.6 is 11.8 Å². The fourth-order valence-corrected chi connectivity index (χ4v) is 4.45. The van der Waals surface area contributed by atoms with Crippen LogP contribution in [0.15, 0.2) is 29.4 Å². The van der Waals surface area contributed by atoms with E-state index in [9.17, 15) is 4.79 Å². The van der Waals surface area contributed by atoms with Crippen LogP contribution in [0.2, 0.25) is 0 Å². The average molecular weight is 432 g/mol. The van der Waals surface area contributed by atoms with Crippen molar-refractivity contribution >= 4 is 17.7 Å². The molecule has 1 aromatic carbocycles. The Balaban J connectivity index is 1.48. The third-order valence-electron chi connectivity index (χ3n) is 6.04. The van der Waals surface area contributed by atoms with Crippen molar-refractivity contribution in [3.05, 3.63) is 35.7 Å². The van der Waals surface area contributed by atoms with Gasteiger partial charge in [0.1, 0.15) is 12.4 Å². The summed E-state index contributed by atoms with van der Waals surface area (Å²) in [6, 6.07) is 8.25. The van der Waals surface area contributed by atoms with Crippen molar-refractivity contribution < 1.29 is 9.53 Å². The summed E-state index contributed by atoms with van der Waals surface area (Å²) >= 11 is 1.29. The second kappa shape index (κ2) is 10.2. The van der Waals surface area contributed by atoms with Crippen molar-refractivity contribution in [1.82, 2.24) is 20.2 Å². The van der Waals surface area contributed by atoms with E-state index in [1.807, 2.05) is 12.1 Å². The molecule has 2 aromatic rings. The van der Waals surface area contributed by atoms with E-state index in [4.69, 9.17) is 10.6 Å². The van der Waals surface area contributed by atoms with Gasteiger partial charge in [-0.2, -0.15) is 0 Å². The number of nitrogen functional groups attached to an aromatic ring is 1. The van der Waals surface area contributed by atoms with E-state index in [0.29, 0.717) is 28.7 Å². The van der Waals surface area contributed by atoms with Gasteiger partial charge in [-0.15, -0.1) is 10.2 Å². The monoisotopic (exact) mass is 431 g/mol. The van der Waals surface area contributed by atoms with Crippen LogP contribution in [-0.2, 0) is 11.4 Å². The lowest BCUT2D eigenvalue weighted by atomic mass is 9.78. The highest BCUT2D eigenvalue weighted by atomic mass is 32.2. The molecular weight excluding hydrogens is 398 g/mol. The first-order valence-electron chi connectivity index (χ1n) is 10.7. The zero-order valence-corrected chi connectivity index (χ0v) is 19.1. The molecule has 0 unspecified atom stereocenters. The number of hydrogen-bond acceptors (Lipinski definition) is 6. The van der Waals surface area contributed by atoms with E-state index in [0.717, 1.165) is 12.2 Å². The SMILES string of the molecule is CC(C)c1ccc(OCc2nnc(SCC(=O)N[C@H]3CCC[C@@H](C)[C@H]3C)n2N)cc1. The van der Waals surface area contributed by atoms with Gasteiger partial charge < -0.3 is 15.9 Å². The highest BCUT2D eigenvalue weighted by Crippen LogP contribution is 2.29. The first kappa shape index (κ1) is 22.5. The number of carbonyl (C=O) groups excluding carboxylic acids is 1. The van der Waals surface area contributed by atoms with Crippen LogP contribution in [0, 0.1) is 11.8 Å². The van der Waals surface area contributed by atoms with Gasteiger partial charge in [-0.25, -0.2) is 4.68 Å². The minimum absolute atomic E-state index is 0.0111. The van der Waals surface area contributed by atoms with Crippen molar-refractivity contribution in [2.75, 3.05) is 11.6 Å². The van der Waals surface area contributed by atoms with Gasteiger partial charge in [-0.3, -0.25) is 4.79 Å². The molecule has 1 aliphatic carbocycles. The highest BCUT2D eigenvalue weighted by molar-refractivity contribution is 7.99. The Bertz CT molecular complexity index is 837. The summed E-state index contributed by atoms with van der Waals surface area (Å²) in [6.07, 6.45) is 3.46. The number of hydrogen-bond donors (Lipinski definition) is 2. The third-order valence-corrected chi connectivity index (χ3v) is 6.98. The molecule has 1 fully saturated rings. The number of ether oxygens (including phenoxy) is 1. The minimum atomic E-state index is 0.0111. The smallest absolute Gasteiger partial charge is 0.230 e. The van der Waals surface area contributed by atoms with E-state index < -0.39 is 0 Å². The molecule has 0 spiro atoms. The van der Waals surface area contributed by atoms with Crippen molar-refractivity contribution in [1.29, 1.82) is 0 Å². The molecule has 7 nitrogen and oxygen atoms in total. The van der Waals surface area contributed by atoms with Crippen LogP contribution in [0.1, 0.15) is 64.3 Å². The van der Waals surface area contributed by atoms with Crippen LogP contribution in [-0.4, -0.2) is 32.6 Å². The zero-order chi connectivity index (χ0) is 21.7. The maximum absolute atomic E-state index is 12.4. The Kier molecular flexibility index (Phi) is 7.64. The fraction of sp³-hybridized carbons (Fsp3) is 0.591. The molecule has 1 saturated carbocycles. The normalized spacial score (nSPS) is 21.6. The van der Waals surface area contributed by atoms with Gasteiger partial charge in [-0.05, 0) is 41.9 Å². The molecule has 0 saturated heterocycles. The van der Waals surface area contributed by atoms with Gasteiger partial charge in [0.2, 0.25) is 11.1 Å². The predicted octanol–water partition coefficient (Wildman–Crippen LogP) is 3.73. The molecule has 1 aliphatic rings. The molecule has 1 aromatic heterocycles. The van der Waals surface area contributed by atoms with Crippen molar-refractivity contribution in [3.8, 4) is 5.75 Å². The lowest BCUT2D eigenvalue weighted by molar-refractivity contribution is -0.120. The van der Waals surface area contributed by atoms with E-state index in [2.05, 4.69) is 55.3 Å². The van der Waals surface area contributed by atoms with Crippen LogP contribution in [0.5, 0.6) is 5.75 Å². The van der Waals surface area contributed by atoms with E-state index in [1.165, 1.54) is 34.8 Å². The van der Waals surface area contributed by atoms with Gasteiger partial charge in [-0.1, -0.05) is 64.4 Å². The summed E-state index contributed by atoms with van der Waals surface area (Å²) in [4.78, 5) is 12.4. The molecule has 0 aliphatic heterocycles. The van der Waals surface area contributed by atoms with E-state index in [1.54, 1.807) is 0 Å². The Labute approximate surface area is 183 Å². The van der Waals surface area contributed by atoms with E-state index in [-0.39, 0.29) is 24.3 Å². The third kappa shape index (κ3) is 5.68. The zero-order valence-electron chi connectivity index (χ0n) is 18.3. The van der Waals surface area contributed by atoms with Crippen LogP contribution in [0.3, 0.4) is 0 Å². The van der Waals surface area contributed by atoms with Gasteiger partial charge in [0, 0.05) is 6.04 Å². The number of thioether (sulfide) groups is 1. The Hall–Kier alpha value is -2.22. The van der Waals surface area contributed by atoms with Gasteiger partial charge in [0.15, 0.2) is 5.82 Å². The highest BCUT2D eigenvalue weighted by Gasteiger charge is 2.28. The number of nitrogens with one attached hydrogen (secondary N) is 1. The Morgan fingerprint density at radius 2 is 2.00 bits per heavy atom. The Morgan fingerprint density at radius 1 is 1.27 bits per heavy atom. The lowest BCUT2D eigenvalue weighted by Gasteiger charge is -2.34. The molecule has 3 rings (SSSR count). The van der Waals surface area contributed by atoms with Crippen LogP contribution in [0.25, 0.3) is 0 Å². The van der Waals surface area contributed by atoms with Crippen molar-refractivity contribution in [2.24, 2.45) is 11.8 Å². The largest absolute Gasteiger partial charge is 0.486 e. The second-order valence-corrected chi connectivity index (χ2v) is 9.45. The number of aromatic nitrogens is 3. The molecule has 1 heterocycles. The Morgan fingerprint density at radius 3 is 2.70 bits per heavy atom. The minimum Gasteiger partial charge on any atom is -0.486 e. The molecule has 0 radical (unpaired) electrons.